The first-order valence-electron chi connectivity index (χ1n) is 6.84. The summed E-state index contributed by atoms with van der Waals surface area (Å²) in [5.74, 6) is -0.142. The summed E-state index contributed by atoms with van der Waals surface area (Å²) in [5.41, 5.74) is 0. The number of carbonyl (C=O) groups is 3. The Morgan fingerprint density at radius 3 is 2.95 bits per heavy atom. The molecule has 6 nitrogen and oxygen atoms in total. The lowest BCUT2D eigenvalue weighted by atomic mass is 10.3. The molecular weight excluding hydrogens is 304 g/mol. The minimum absolute atomic E-state index is 0.246. The number of nitrogens with zero attached hydrogens (tertiary/aromatic N) is 1. The van der Waals surface area contributed by atoms with E-state index in [1.807, 2.05) is 6.92 Å². The molecule has 0 atom stereocenters. The molecule has 0 unspecified atom stereocenters. The van der Waals surface area contributed by atoms with Crippen LogP contribution in [0.3, 0.4) is 0 Å². The maximum Gasteiger partial charge on any atom is 0.294 e. The van der Waals surface area contributed by atoms with Gasteiger partial charge in [-0.25, -0.2) is 0 Å². The predicted molar refractivity (Wildman–Crippen MR) is 83.8 cm³/mol. The predicted octanol–water partition coefficient (Wildman–Crippen LogP) is 2.40. The third kappa shape index (κ3) is 4.11. The molecule has 0 saturated carbocycles. The zero-order valence-corrected chi connectivity index (χ0v) is 12.9. The van der Waals surface area contributed by atoms with Gasteiger partial charge in [-0.3, -0.25) is 19.3 Å². The van der Waals surface area contributed by atoms with Crippen molar-refractivity contribution in [2.45, 2.75) is 13.3 Å². The zero-order valence-electron chi connectivity index (χ0n) is 12.1. The van der Waals surface area contributed by atoms with Crippen LogP contribution in [0.1, 0.15) is 19.1 Å². The summed E-state index contributed by atoms with van der Waals surface area (Å²) in [4.78, 5) is 36.7. The largest absolute Gasteiger partial charge is 0.465 e. The molecule has 0 bridgehead atoms. The first-order chi connectivity index (χ1) is 10.6. The van der Waals surface area contributed by atoms with E-state index in [1.165, 1.54) is 6.08 Å². The van der Waals surface area contributed by atoms with Crippen molar-refractivity contribution in [3.05, 3.63) is 41.2 Å². The topological polar surface area (TPSA) is 79.6 Å². The Kier molecular flexibility index (Phi) is 5.60. The molecule has 1 aliphatic heterocycles. The molecule has 116 valence electrons. The fourth-order valence-corrected chi connectivity index (χ4v) is 2.52. The standard InChI is InChI=1S/C15H16N2O4S/c1-2-8-16-13(18)10-17-14(19)12(22-15(17)20)7-3-5-11-6-4-9-21-11/h3-7,9H,2,8,10H2,1H3,(H,16,18)/b5-3+,12-7-. The summed E-state index contributed by atoms with van der Waals surface area (Å²) < 4.78 is 5.12. The van der Waals surface area contributed by atoms with Crippen LogP contribution in [0, 0.1) is 0 Å². The van der Waals surface area contributed by atoms with Crippen molar-refractivity contribution in [1.82, 2.24) is 10.2 Å². The van der Waals surface area contributed by atoms with E-state index in [-0.39, 0.29) is 17.4 Å². The molecule has 0 radical (unpaired) electrons. The minimum Gasteiger partial charge on any atom is -0.465 e. The molecule has 1 aromatic rings. The number of rotatable bonds is 6. The zero-order chi connectivity index (χ0) is 15.9. The number of imide groups is 1. The van der Waals surface area contributed by atoms with Gasteiger partial charge in [0.1, 0.15) is 12.3 Å². The van der Waals surface area contributed by atoms with E-state index >= 15 is 0 Å². The van der Waals surface area contributed by atoms with Crippen molar-refractivity contribution in [3.63, 3.8) is 0 Å². The molecule has 7 heteroatoms. The van der Waals surface area contributed by atoms with Crippen LogP contribution in [0.4, 0.5) is 4.79 Å². The van der Waals surface area contributed by atoms with Gasteiger partial charge in [0.25, 0.3) is 11.1 Å². The van der Waals surface area contributed by atoms with Crippen LogP contribution in [0.15, 0.2) is 39.9 Å². The van der Waals surface area contributed by atoms with Gasteiger partial charge in [0.15, 0.2) is 0 Å². The second kappa shape index (κ2) is 7.65. The van der Waals surface area contributed by atoms with Crippen molar-refractivity contribution in [1.29, 1.82) is 0 Å². The van der Waals surface area contributed by atoms with Gasteiger partial charge < -0.3 is 9.73 Å². The quantitative estimate of drug-likeness (QED) is 0.814. The highest BCUT2D eigenvalue weighted by atomic mass is 32.2. The van der Waals surface area contributed by atoms with Gasteiger partial charge in [-0.2, -0.15) is 0 Å². The molecule has 1 N–H and O–H groups in total. The van der Waals surface area contributed by atoms with E-state index in [4.69, 9.17) is 4.42 Å². The van der Waals surface area contributed by atoms with Gasteiger partial charge in [0, 0.05) is 6.54 Å². The van der Waals surface area contributed by atoms with E-state index in [1.54, 1.807) is 30.5 Å². The van der Waals surface area contributed by atoms with Crippen molar-refractivity contribution in [2.24, 2.45) is 0 Å². The van der Waals surface area contributed by atoms with Crippen LogP contribution in [-0.4, -0.2) is 35.0 Å². The molecule has 1 aromatic heterocycles. The molecule has 1 saturated heterocycles. The van der Waals surface area contributed by atoms with Crippen LogP contribution >= 0.6 is 11.8 Å². The van der Waals surface area contributed by atoms with Crippen LogP contribution in [-0.2, 0) is 9.59 Å². The summed E-state index contributed by atoms with van der Waals surface area (Å²) in [5, 5.41) is 2.20. The lowest BCUT2D eigenvalue weighted by Crippen LogP contribution is -2.39. The Balaban J connectivity index is 1.97. The Labute approximate surface area is 132 Å². The lowest BCUT2D eigenvalue weighted by molar-refractivity contribution is -0.129. The third-order valence-electron chi connectivity index (χ3n) is 2.80. The first-order valence-corrected chi connectivity index (χ1v) is 7.65. The van der Waals surface area contributed by atoms with Gasteiger partial charge in [-0.1, -0.05) is 13.0 Å². The van der Waals surface area contributed by atoms with E-state index in [9.17, 15) is 14.4 Å². The maximum atomic E-state index is 12.1. The number of furan rings is 1. The molecule has 0 aliphatic carbocycles. The summed E-state index contributed by atoms with van der Waals surface area (Å²) in [6.07, 6.45) is 7.19. The average Bonchev–Trinajstić information content (AvgIpc) is 3.09. The number of amides is 3. The third-order valence-corrected chi connectivity index (χ3v) is 3.72. The number of hydrogen-bond donors (Lipinski definition) is 1. The summed E-state index contributed by atoms with van der Waals surface area (Å²) in [7, 11) is 0. The van der Waals surface area contributed by atoms with Crippen molar-refractivity contribution in [3.8, 4) is 0 Å². The number of hydrogen-bond acceptors (Lipinski definition) is 5. The van der Waals surface area contributed by atoms with E-state index in [2.05, 4.69) is 5.32 Å². The fourth-order valence-electron chi connectivity index (χ4n) is 1.73. The van der Waals surface area contributed by atoms with Crippen LogP contribution < -0.4 is 5.32 Å². The van der Waals surface area contributed by atoms with E-state index in [0.717, 1.165) is 23.1 Å². The molecule has 0 spiro atoms. The smallest absolute Gasteiger partial charge is 0.294 e. The van der Waals surface area contributed by atoms with Gasteiger partial charge in [-0.05, 0) is 42.5 Å². The monoisotopic (exact) mass is 320 g/mol. The highest BCUT2D eigenvalue weighted by Gasteiger charge is 2.35. The van der Waals surface area contributed by atoms with Gasteiger partial charge in [0.05, 0.1) is 11.2 Å². The van der Waals surface area contributed by atoms with Crippen LogP contribution in [0.2, 0.25) is 0 Å². The van der Waals surface area contributed by atoms with Crippen molar-refractivity contribution in [2.75, 3.05) is 13.1 Å². The second-order valence-electron chi connectivity index (χ2n) is 4.51. The lowest BCUT2D eigenvalue weighted by Gasteiger charge is -2.11. The Bertz CT molecular complexity index is 619. The van der Waals surface area contributed by atoms with Crippen LogP contribution in [0.25, 0.3) is 6.08 Å². The van der Waals surface area contributed by atoms with Crippen molar-refractivity contribution >= 4 is 34.9 Å². The number of thioether (sulfide) groups is 1. The number of nitrogens with one attached hydrogen (secondary N) is 1. The fraction of sp³-hybridized carbons (Fsp3) is 0.267. The molecule has 1 aliphatic rings. The van der Waals surface area contributed by atoms with Crippen molar-refractivity contribution < 1.29 is 18.8 Å². The van der Waals surface area contributed by atoms with E-state index in [0.29, 0.717) is 12.3 Å². The van der Waals surface area contributed by atoms with E-state index < -0.39 is 11.1 Å². The number of allylic oxidation sites excluding steroid dienone is 2. The molecule has 2 rings (SSSR count). The summed E-state index contributed by atoms with van der Waals surface area (Å²) >= 11 is 0.821. The highest BCUT2D eigenvalue weighted by molar-refractivity contribution is 8.18. The normalized spacial score (nSPS) is 17.0. The maximum absolute atomic E-state index is 12.1. The molecular formula is C15H16N2O4S. The first kappa shape index (κ1) is 16.1. The minimum atomic E-state index is -0.453. The van der Waals surface area contributed by atoms with Crippen LogP contribution in [0.5, 0.6) is 0 Å². The van der Waals surface area contributed by atoms with Gasteiger partial charge >= 0.3 is 0 Å². The highest BCUT2D eigenvalue weighted by Crippen LogP contribution is 2.30. The second-order valence-corrected chi connectivity index (χ2v) is 5.51. The number of carbonyl (C=O) groups excluding carboxylic acids is 3. The molecule has 3 amide bonds. The molecule has 2 heterocycles. The Hall–Kier alpha value is -2.28. The molecule has 22 heavy (non-hydrogen) atoms. The Morgan fingerprint density at radius 1 is 1.45 bits per heavy atom. The Morgan fingerprint density at radius 2 is 2.27 bits per heavy atom. The van der Waals surface area contributed by atoms with Gasteiger partial charge in [0.2, 0.25) is 5.91 Å². The summed E-state index contributed by atoms with van der Waals surface area (Å²) in [6.45, 7) is 2.20. The molecule has 1 fully saturated rings. The summed E-state index contributed by atoms with van der Waals surface area (Å²) in [6, 6.07) is 3.52. The SMILES string of the molecule is CCCNC(=O)CN1C(=O)S/C(=C\C=C\c2ccco2)C1=O. The average molecular weight is 320 g/mol. The molecule has 0 aromatic carbocycles. The van der Waals surface area contributed by atoms with Gasteiger partial charge in [-0.15, -0.1) is 0 Å².